The number of ether oxygens (including phenoxy) is 6. The zero-order chi connectivity index (χ0) is 49.7. The van der Waals surface area contributed by atoms with Crippen LogP contribution in [0.1, 0.15) is 54.1 Å². The van der Waals surface area contributed by atoms with Gasteiger partial charge in [-0.2, -0.15) is 0 Å². The normalized spacial score (nSPS) is 10.8. The maximum atomic E-state index is 15.1. The van der Waals surface area contributed by atoms with Crippen LogP contribution in [0.5, 0.6) is 34.5 Å². The quantitative estimate of drug-likeness (QED) is 0.0544. The number of alkyl halides is 2. The number of hydrogen-bond acceptors (Lipinski definition) is 8. The maximum Gasteiger partial charge on any atom is 0.252 e. The lowest BCUT2D eigenvalue weighted by atomic mass is 9.90. The van der Waals surface area contributed by atoms with Crippen molar-refractivity contribution in [2.75, 3.05) is 24.8 Å². The molecule has 8 aromatic carbocycles. The van der Waals surface area contributed by atoms with Crippen LogP contribution in [0.4, 0.5) is 0 Å². The number of rotatable bonds is 25. The van der Waals surface area contributed by atoms with E-state index in [1.54, 1.807) is 12.1 Å². The Morgan fingerprint density at radius 3 is 0.819 bits per heavy atom. The summed E-state index contributed by atoms with van der Waals surface area (Å²) in [6.45, 7) is 0.666. The van der Waals surface area contributed by atoms with Gasteiger partial charge in [-0.05, 0) is 45.5 Å². The first-order chi connectivity index (χ1) is 35.5. The van der Waals surface area contributed by atoms with E-state index in [4.69, 9.17) is 51.6 Å². The molecule has 0 aliphatic carbocycles. The molecule has 0 aliphatic rings. The van der Waals surface area contributed by atoms with Gasteiger partial charge in [0.05, 0.1) is 11.1 Å². The zero-order valence-electron chi connectivity index (χ0n) is 39.6. The summed E-state index contributed by atoms with van der Waals surface area (Å²) in [5, 5.41) is 5.94. The minimum atomic E-state index is -0.535. The van der Waals surface area contributed by atoms with Crippen LogP contribution in [0.2, 0.25) is 0 Å². The van der Waals surface area contributed by atoms with Gasteiger partial charge in [0.1, 0.15) is 39.6 Å². The van der Waals surface area contributed by atoms with Crippen molar-refractivity contribution in [2.45, 2.75) is 39.6 Å². The summed E-state index contributed by atoms with van der Waals surface area (Å²) in [6, 6.07) is 61.1. The Morgan fingerprint density at radius 2 is 0.569 bits per heavy atom. The molecule has 0 radical (unpaired) electrons. The van der Waals surface area contributed by atoms with Crippen LogP contribution in [-0.2, 0) is 39.6 Å². The summed E-state index contributed by atoms with van der Waals surface area (Å²) in [4.78, 5) is 30.1. The highest BCUT2D eigenvalue weighted by molar-refractivity contribution is 6.18. The smallest absolute Gasteiger partial charge is 0.252 e. The minimum absolute atomic E-state index is 0.0179. The fourth-order valence-corrected chi connectivity index (χ4v) is 7.94. The average Bonchev–Trinajstić information content (AvgIpc) is 3.44. The number of amides is 2. The summed E-state index contributed by atoms with van der Waals surface area (Å²) >= 11 is 12.5. The van der Waals surface area contributed by atoms with Gasteiger partial charge in [-0.15, -0.1) is 23.2 Å². The molecule has 0 spiro atoms. The molecule has 2 amide bonds. The van der Waals surface area contributed by atoms with Gasteiger partial charge in [-0.3, -0.25) is 9.59 Å². The standard InChI is InChI=1S/C60H54Cl2N2O8/c61-31-33-63-59(65)49-35-51(67-37-43-19-7-1-8-20-43)55(69-39-45-23-11-3-12-24-45)57(71-41-47-27-15-5-16-28-47)53(49)54-50(60(66)64-34-32-62)36-52(68-38-44-21-9-2-10-22-44)56(70-40-46-25-13-4-14-26-46)58(54)72-42-48-29-17-6-18-30-48/h1-30,35-36H,31-34,37-42H2,(H,63,65)(H,64,66). The summed E-state index contributed by atoms with van der Waals surface area (Å²) < 4.78 is 41.2. The van der Waals surface area contributed by atoms with Crippen molar-refractivity contribution in [1.82, 2.24) is 10.6 Å². The van der Waals surface area contributed by atoms with E-state index in [-0.39, 0.29) is 121 Å². The lowest BCUT2D eigenvalue weighted by molar-refractivity contribution is 0.0945. The lowest BCUT2D eigenvalue weighted by Gasteiger charge is -2.27. The molecular weight excluding hydrogens is 948 g/mol. The Kier molecular flexibility index (Phi) is 18.5. The SMILES string of the molecule is O=C(NCCCl)c1cc(OCc2ccccc2)c(OCc2ccccc2)c(OCc2ccccc2)c1-c1c(C(=O)NCCCl)cc(OCc2ccccc2)c(OCc2ccccc2)c1OCc1ccccc1. The highest BCUT2D eigenvalue weighted by Crippen LogP contribution is 2.55. The van der Waals surface area contributed by atoms with Gasteiger partial charge in [0.2, 0.25) is 11.5 Å². The summed E-state index contributed by atoms with van der Waals surface area (Å²) in [7, 11) is 0. The van der Waals surface area contributed by atoms with Gasteiger partial charge < -0.3 is 39.1 Å². The van der Waals surface area contributed by atoms with Crippen LogP contribution in [-0.4, -0.2) is 36.7 Å². The molecule has 0 atom stereocenters. The second kappa shape index (κ2) is 26.3. The van der Waals surface area contributed by atoms with Crippen molar-refractivity contribution in [2.24, 2.45) is 0 Å². The summed E-state index contributed by atoms with van der Waals surface area (Å²) in [5.74, 6) is 0.130. The van der Waals surface area contributed by atoms with Crippen molar-refractivity contribution in [3.8, 4) is 45.6 Å². The molecule has 0 heterocycles. The van der Waals surface area contributed by atoms with Crippen molar-refractivity contribution >= 4 is 35.0 Å². The molecule has 0 saturated heterocycles. The molecular formula is C60H54Cl2N2O8. The van der Waals surface area contributed by atoms with Gasteiger partial charge in [0, 0.05) is 36.0 Å². The lowest BCUT2D eigenvalue weighted by Crippen LogP contribution is -2.28. The minimum Gasteiger partial charge on any atom is -0.485 e. The molecule has 0 unspecified atom stereocenters. The van der Waals surface area contributed by atoms with E-state index in [0.717, 1.165) is 33.4 Å². The third kappa shape index (κ3) is 13.7. The van der Waals surface area contributed by atoms with Gasteiger partial charge in [0.25, 0.3) is 11.8 Å². The number of halogens is 2. The predicted molar refractivity (Wildman–Crippen MR) is 283 cm³/mol. The topological polar surface area (TPSA) is 114 Å². The first-order valence-electron chi connectivity index (χ1n) is 23.6. The molecule has 2 N–H and O–H groups in total. The number of benzene rings is 8. The number of nitrogens with one attached hydrogen (secondary N) is 2. The maximum absolute atomic E-state index is 15.1. The fourth-order valence-electron chi connectivity index (χ4n) is 7.75. The number of carbonyl (C=O) groups is 2. The van der Waals surface area contributed by atoms with Crippen LogP contribution in [0.3, 0.4) is 0 Å². The van der Waals surface area contributed by atoms with Crippen LogP contribution in [0.25, 0.3) is 11.1 Å². The van der Waals surface area contributed by atoms with Gasteiger partial charge in [0.15, 0.2) is 23.0 Å². The summed E-state index contributed by atoms with van der Waals surface area (Å²) in [5.41, 5.74) is 5.55. The third-order valence-electron chi connectivity index (χ3n) is 11.3. The first kappa shape index (κ1) is 50.5. The Labute approximate surface area is 430 Å². The number of carbonyl (C=O) groups excluding carboxylic acids is 2. The molecule has 0 aromatic heterocycles. The van der Waals surface area contributed by atoms with Crippen LogP contribution >= 0.6 is 23.2 Å². The molecule has 0 saturated carbocycles. The fraction of sp³-hybridized carbons (Fsp3) is 0.167. The second-order valence-electron chi connectivity index (χ2n) is 16.4. The summed E-state index contributed by atoms with van der Waals surface area (Å²) in [6.07, 6.45) is 0. The van der Waals surface area contributed by atoms with Crippen molar-refractivity contribution in [3.05, 3.63) is 239 Å². The van der Waals surface area contributed by atoms with E-state index >= 15 is 9.59 Å². The Bertz CT molecular complexity index is 2770. The molecule has 10 nitrogen and oxygen atoms in total. The van der Waals surface area contributed by atoms with Gasteiger partial charge in [-0.1, -0.05) is 182 Å². The van der Waals surface area contributed by atoms with Crippen LogP contribution in [0.15, 0.2) is 194 Å². The van der Waals surface area contributed by atoms with Crippen molar-refractivity contribution in [1.29, 1.82) is 0 Å². The largest absolute Gasteiger partial charge is 0.485 e. The van der Waals surface area contributed by atoms with E-state index in [1.165, 1.54) is 0 Å². The molecule has 12 heteroatoms. The molecule has 0 aliphatic heterocycles. The highest BCUT2D eigenvalue weighted by atomic mass is 35.5. The van der Waals surface area contributed by atoms with Crippen LogP contribution < -0.4 is 39.1 Å². The molecule has 0 bridgehead atoms. The second-order valence-corrected chi connectivity index (χ2v) is 17.2. The predicted octanol–water partition coefficient (Wildman–Crippen LogP) is 12.8. The molecule has 0 fully saturated rings. The Balaban J connectivity index is 1.46. The number of hydrogen-bond donors (Lipinski definition) is 2. The van der Waals surface area contributed by atoms with Gasteiger partial charge >= 0.3 is 0 Å². The Hall–Kier alpha value is -7.92. The highest BCUT2D eigenvalue weighted by Gasteiger charge is 2.35. The van der Waals surface area contributed by atoms with Crippen molar-refractivity contribution in [3.63, 3.8) is 0 Å². The van der Waals surface area contributed by atoms with E-state index in [1.807, 2.05) is 182 Å². The van der Waals surface area contributed by atoms with E-state index in [9.17, 15) is 0 Å². The van der Waals surface area contributed by atoms with Crippen LogP contribution in [0, 0.1) is 0 Å². The zero-order valence-corrected chi connectivity index (χ0v) is 41.1. The molecule has 8 aromatic rings. The van der Waals surface area contributed by atoms with Crippen molar-refractivity contribution < 1.29 is 38.0 Å². The molecule has 366 valence electrons. The van der Waals surface area contributed by atoms with E-state index < -0.39 is 11.8 Å². The van der Waals surface area contributed by atoms with E-state index in [0.29, 0.717) is 0 Å². The van der Waals surface area contributed by atoms with E-state index in [2.05, 4.69) is 10.6 Å². The Morgan fingerprint density at radius 1 is 0.333 bits per heavy atom. The molecule has 72 heavy (non-hydrogen) atoms. The average molecular weight is 1000 g/mol. The molecule has 8 rings (SSSR count). The first-order valence-corrected chi connectivity index (χ1v) is 24.7. The monoisotopic (exact) mass is 1000 g/mol. The van der Waals surface area contributed by atoms with Gasteiger partial charge in [-0.25, -0.2) is 0 Å². The third-order valence-corrected chi connectivity index (χ3v) is 11.7.